The molecule has 0 N–H and O–H groups in total. The topological polar surface area (TPSA) is 43.4 Å². The molecule has 0 atom stereocenters. The number of carbonyl (C=O) groups excluding carboxylic acids is 2. The fraction of sp³-hybridized carbons (Fsp3) is 0.0909. The fourth-order valence-corrected chi connectivity index (χ4v) is 3.61. The Morgan fingerprint density at radius 3 is 1.64 bits per heavy atom. The van der Waals surface area contributed by atoms with Gasteiger partial charge in [0.15, 0.2) is 11.6 Å². The zero-order chi connectivity index (χ0) is 17.4. The molecule has 0 bridgehead atoms. The summed E-state index contributed by atoms with van der Waals surface area (Å²) in [5.74, 6) is 0.330. The predicted octanol–water partition coefficient (Wildman–Crippen LogP) is 4.06. The number of Topliss-reactive ketones (excluding diaryl/α,β-unsaturated/α-hetero) is 2. The average Bonchev–Trinajstić information content (AvgIpc) is 2.91. The van der Waals surface area contributed by atoms with Crippen LogP contribution < -0.4 is 4.74 Å². The van der Waals surface area contributed by atoms with Crippen molar-refractivity contribution in [1.82, 2.24) is 0 Å². The van der Waals surface area contributed by atoms with Gasteiger partial charge in [0.05, 0.1) is 7.11 Å². The second kappa shape index (κ2) is 5.71. The van der Waals surface area contributed by atoms with E-state index in [2.05, 4.69) is 0 Å². The predicted molar refractivity (Wildman–Crippen MR) is 95.3 cm³/mol. The molecule has 0 fully saturated rings. The molecule has 0 heterocycles. The molecule has 25 heavy (non-hydrogen) atoms. The van der Waals surface area contributed by atoms with Crippen LogP contribution in [0.3, 0.4) is 0 Å². The third-order valence-electron chi connectivity index (χ3n) is 4.83. The number of ketones is 2. The quantitative estimate of drug-likeness (QED) is 0.681. The number of methoxy groups -OCH3 is 1. The molecule has 1 aliphatic carbocycles. The summed E-state index contributed by atoms with van der Waals surface area (Å²) >= 11 is 0. The normalized spacial score (nSPS) is 15.1. The molecule has 0 amide bonds. The number of hydrogen-bond acceptors (Lipinski definition) is 3. The second-order valence-electron chi connectivity index (χ2n) is 6.05. The van der Waals surface area contributed by atoms with Gasteiger partial charge in [-0.3, -0.25) is 9.59 Å². The van der Waals surface area contributed by atoms with E-state index in [1.165, 1.54) is 0 Å². The Bertz CT molecular complexity index is 921. The number of fused-ring (bicyclic) bond motifs is 1. The van der Waals surface area contributed by atoms with Crippen LogP contribution in [0, 0.1) is 0 Å². The molecule has 0 aliphatic heterocycles. The lowest BCUT2D eigenvalue weighted by Crippen LogP contribution is -2.39. The van der Waals surface area contributed by atoms with Crippen molar-refractivity contribution in [2.75, 3.05) is 7.11 Å². The SMILES string of the molecule is COc1ccc(C2(c3ccccc3)C(=O)c3ccccc3C2=O)cc1. The Labute approximate surface area is 145 Å². The average molecular weight is 328 g/mol. The lowest BCUT2D eigenvalue weighted by molar-refractivity contribution is 0.0829. The fourth-order valence-electron chi connectivity index (χ4n) is 3.61. The van der Waals surface area contributed by atoms with E-state index in [0.29, 0.717) is 28.0 Å². The molecule has 4 rings (SSSR count). The van der Waals surface area contributed by atoms with Crippen LogP contribution in [0.15, 0.2) is 78.9 Å². The molecule has 3 heteroatoms. The van der Waals surface area contributed by atoms with Crippen LogP contribution in [0.1, 0.15) is 31.8 Å². The summed E-state index contributed by atoms with van der Waals surface area (Å²) < 4.78 is 5.22. The molecule has 0 saturated carbocycles. The third-order valence-corrected chi connectivity index (χ3v) is 4.83. The van der Waals surface area contributed by atoms with Crippen LogP contribution in [0.5, 0.6) is 5.75 Å². The van der Waals surface area contributed by atoms with E-state index in [-0.39, 0.29) is 11.6 Å². The minimum Gasteiger partial charge on any atom is -0.497 e. The maximum absolute atomic E-state index is 13.4. The van der Waals surface area contributed by atoms with Crippen LogP contribution >= 0.6 is 0 Å². The lowest BCUT2D eigenvalue weighted by atomic mass is 9.70. The molecule has 0 unspecified atom stereocenters. The molecule has 0 radical (unpaired) electrons. The van der Waals surface area contributed by atoms with E-state index in [9.17, 15) is 9.59 Å². The summed E-state index contributed by atoms with van der Waals surface area (Å²) in [5, 5.41) is 0. The highest BCUT2D eigenvalue weighted by Crippen LogP contribution is 2.44. The van der Waals surface area contributed by atoms with Crippen molar-refractivity contribution in [2.45, 2.75) is 5.41 Å². The maximum atomic E-state index is 13.4. The monoisotopic (exact) mass is 328 g/mol. The summed E-state index contributed by atoms with van der Waals surface area (Å²) in [6.45, 7) is 0. The van der Waals surface area contributed by atoms with Crippen LogP contribution in [0.4, 0.5) is 0 Å². The van der Waals surface area contributed by atoms with Gasteiger partial charge in [0.25, 0.3) is 0 Å². The Hall–Kier alpha value is -3.20. The van der Waals surface area contributed by atoms with E-state index < -0.39 is 5.41 Å². The number of ether oxygens (including phenoxy) is 1. The molecule has 0 aromatic heterocycles. The first kappa shape index (κ1) is 15.3. The van der Waals surface area contributed by atoms with Gasteiger partial charge in [-0.05, 0) is 23.3 Å². The van der Waals surface area contributed by atoms with Gasteiger partial charge in [-0.15, -0.1) is 0 Å². The number of rotatable bonds is 3. The van der Waals surface area contributed by atoms with E-state index in [0.717, 1.165) is 0 Å². The van der Waals surface area contributed by atoms with E-state index in [1.54, 1.807) is 55.6 Å². The van der Waals surface area contributed by atoms with Crippen molar-refractivity contribution in [2.24, 2.45) is 0 Å². The highest BCUT2D eigenvalue weighted by molar-refractivity contribution is 6.35. The highest BCUT2D eigenvalue weighted by Gasteiger charge is 2.55. The standard InChI is InChI=1S/C22H16O3/c1-25-17-13-11-16(12-14-17)22(15-7-3-2-4-8-15)20(23)18-9-5-6-10-19(18)21(22)24/h2-14H,1H3. The van der Waals surface area contributed by atoms with Gasteiger partial charge in [0, 0.05) is 11.1 Å². The van der Waals surface area contributed by atoms with Gasteiger partial charge in [0.2, 0.25) is 0 Å². The molecule has 0 saturated heterocycles. The largest absolute Gasteiger partial charge is 0.497 e. The van der Waals surface area contributed by atoms with Crippen molar-refractivity contribution < 1.29 is 14.3 Å². The van der Waals surface area contributed by atoms with Gasteiger partial charge in [-0.25, -0.2) is 0 Å². The smallest absolute Gasteiger partial charge is 0.186 e. The van der Waals surface area contributed by atoms with Crippen molar-refractivity contribution in [3.63, 3.8) is 0 Å². The van der Waals surface area contributed by atoms with Crippen LogP contribution in [-0.2, 0) is 5.41 Å². The van der Waals surface area contributed by atoms with E-state index in [4.69, 9.17) is 4.74 Å². The Morgan fingerprint density at radius 2 is 1.12 bits per heavy atom. The van der Waals surface area contributed by atoms with Gasteiger partial charge in [-0.2, -0.15) is 0 Å². The first-order valence-electron chi connectivity index (χ1n) is 8.08. The molecule has 122 valence electrons. The molecule has 0 spiro atoms. The Balaban J connectivity index is 2.02. The molecular weight excluding hydrogens is 312 g/mol. The van der Waals surface area contributed by atoms with Crippen molar-refractivity contribution in [3.05, 3.63) is 101 Å². The van der Waals surface area contributed by atoms with Crippen molar-refractivity contribution in [1.29, 1.82) is 0 Å². The summed E-state index contributed by atoms with van der Waals surface area (Å²) in [4.78, 5) is 26.9. The van der Waals surface area contributed by atoms with Gasteiger partial charge in [0.1, 0.15) is 11.2 Å². The maximum Gasteiger partial charge on any atom is 0.186 e. The number of carbonyl (C=O) groups is 2. The first-order valence-corrected chi connectivity index (χ1v) is 8.08. The van der Waals surface area contributed by atoms with Gasteiger partial charge < -0.3 is 4.74 Å². The molecule has 1 aliphatic rings. The van der Waals surface area contributed by atoms with Crippen LogP contribution in [0.25, 0.3) is 0 Å². The van der Waals surface area contributed by atoms with Crippen molar-refractivity contribution in [3.8, 4) is 5.75 Å². The van der Waals surface area contributed by atoms with Crippen LogP contribution in [-0.4, -0.2) is 18.7 Å². The molecule has 3 aromatic carbocycles. The third kappa shape index (κ3) is 2.06. The summed E-state index contributed by atoms with van der Waals surface area (Å²) in [7, 11) is 1.59. The van der Waals surface area contributed by atoms with E-state index in [1.807, 2.05) is 30.3 Å². The Kier molecular flexibility index (Phi) is 3.50. The highest BCUT2D eigenvalue weighted by atomic mass is 16.5. The summed E-state index contributed by atoms with van der Waals surface area (Å²) in [6.07, 6.45) is 0. The molecule has 3 nitrogen and oxygen atoms in total. The van der Waals surface area contributed by atoms with E-state index >= 15 is 0 Å². The summed E-state index contributed by atoms with van der Waals surface area (Å²) in [5.41, 5.74) is 0.966. The number of hydrogen-bond donors (Lipinski definition) is 0. The minimum atomic E-state index is -1.34. The van der Waals surface area contributed by atoms with Gasteiger partial charge in [-0.1, -0.05) is 66.7 Å². The minimum absolute atomic E-state index is 0.176. The molecule has 3 aromatic rings. The molecular formula is C22H16O3. The van der Waals surface area contributed by atoms with Crippen molar-refractivity contribution >= 4 is 11.6 Å². The van der Waals surface area contributed by atoms with Crippen LogP contribution in [0.2, 0.25) is 0 Å². The zero-order valence-corrected chi connectivity index (χ0v) is 13.7. The lowest BCUT2D eigenvalue weighted by Gasteiger charge is -2.27. The van der Waals surface area contributed by atoms with Gasteiger partial charge >= 0.3 is 0 Å². The first-order chi connectivity index (χ1) is 12.2. The number of benzene rings is 3. The summed E-state index contributed by atoms with van der Waals surface area (Å²) in [6, 6.07) is 23.5. The Morgan fingerprint density at radius 1 is 0.640 bits per heavy atom. The second-order valence-corrected chi connectivity index (χ2v) is 6.05. The zero-order valence-electron chi connectivity index (χ0n) is 13.7.